The standard InChI is InChI=1S/C15H28N2O2/c1-11(2)16-15(13-5-6-13,14(18)19-4)10-17-8-7-12(3)9-17/h11-13,16H,5-10H2,1-4H3. The molecule has 2 atom stereocenters. The summed E-state index contributed by atoms with van der Waals surface area (Å²) in [7, 11) is 1.51. The van der Waals surface area contributed by atoms with Gasteiger partial charge in [0.05, 0.1) is 7.11 Å². The Hall–Kier alpha value is -0.610. The molecule has 1 N–H and O–H groups in total. The SMILES string of the molecule is COC(=O)C(CN1CCC(C)C1)(NC(C)C)C1CC1. The first kappa shape index (κ1) is 14.8. The lowest BCUT2D eigenvalue weighted by Gasteiger charge is -2.37. The molecule has 0 spiro atoms. The monoisotopic (exact) mass is 268 g/mol. The summed E-state index contributed by atoms with van der Waals surface area (Å²) in [6.07, 6.45) is 3.51. The summed E-state index contributed by atoms with van der Waals surface area (Å²) in [5.74, 6) is 1.11. The number of carbonyl (C=O) groups is 1. The zero-order valence-electron chi connectivity index (χ0n) is 12.7. The molecule has 0 aromatic rings. The van der Waals surface area contributed by atoms with Crippen LogP contribution in [-0.4, -0.2) is 49.2 Å². The molecule has 110 valence electrons. The van der Waals surface area contributed by atoms with Crippen molar-refractivity contribution in [1.29, 1.82) is 0 Å². The van der Waals surface area contributed by atoms with Crippen molar-refractivity contribution < 1.29 is 9.53 Å². The summed E-state index contributed by atoms with van der Waals surface area (Å²) in [4.78, 5) is 14.8. The molecule has 1 saturated carbocycles. The summed E-state index contributed by atoms with van der Waals surface area (Å²) < 4.78 is 5.13. The third-order valence-electron chi connectivity index (χ3n) is 4.35. The lowest BCUT2D eigenvalue weighted by molar-refractivity contribution is -0.151. The van der Waals surface area contributed by atoms with Crippen LogP contribution in [0.3, 0.4) is 0 Å². The highest BCUT2D eigenvalue weighted by molar-refractivity contribution is 5.82. The number of nitrogens with one attached hydrogen (secondary N) is 1. The van der Waals surface area contributed by atoms with Crippen LogP contribution in [0, 0.1) is 11.8 Å². The number of esters is 1. The van der Waals surface area contributed by atoms with Crippen LogP contribution < -0.4 is 5.32 Å². The van der Waals surface area contributed by atoms with E-state index in [0.717, 1.165) is 38.4 Å². The second-order valence-electron chi connectivity index (χ2n) is 6.67. The first-order valence-corrected chi connectivity index (χ1v) is 7.56. The van der Waals surface area contributed by atoms with Gasteiger partial charge < -0.3 is 9.64 Å². The van der Waals surface area contributed by atoms with E-state index in [9.17, 15) is 4.79 Å². The largest absolute Gasteiger partial charge is 0.468 e. The molecule has 1 aliphatic heterocycles. The molecule has 0 aromatic heterocycles. The van der Waals surface area contributed by atoms with Crippen LogP contribution in [0.5, 0.6) is 0 Å². The fourth-order valence-corrected chi connectivity index (χ4v) is 3.38. The number of ether oxygens (including phenoxy) is 1. The van der Waals surface area contributed by atoms with Crippen molar-refractivity contribution in [2.24, 2.45) is 11.8 Å². The van der Waals surface area contributed by atoms with E-state index in [2.05, 4.69) is 31.0 Å². The van der Waals surface area contributed by atoms with Gasteiger partial charge in [-0.3, -0.25) is 5.32 Å². The highest BCUT2D eigenvalue weighted by Gasteiger charge is 2.53. The van der Waals surface area contributed by atoms with Crippen molar-refractivity contribution in [3.05, 3.63) is 0 Å². The maximum absolute atomic E-state index is 12.4. The predicted octanol–water partition coefficient (Wildman–Crippen LogP) is 1.65. The van der Waals surface area contributed by atoms with E-state index in [1.165, 1.54) is 13.5 Å². The number of methoxy groups -OCH3 is 1. The molecule has 0 aromatic carbocycles. The summed E-state index contributed by atoms with van der Waals surface area (Å²) in [5, 5.41) is 3.53. The number of hydrogen-bond acceptors (Lipinski definition) is 4. The van der Waals surface area contributed by atoms with Crippen LogP contribution in [0.4, 0.5) is 0 Å². The van der Waals surface area contributed by atoms with E-state index in [1.807, 2.05) is 0 Å². The van der Waals surface area contributed by atoms with Crippen LogP contribution in [0.25, 0.3) is 0 Å². The highest BCUT2D eigenvalue weighted by atomic mass is 16.5. The van der Waals surface area contributed by atoms with Crippen LogP contribution >= 0.6 is 0 Å². The molecular formula is C15H28N2O2. The molecular weight excluding hydrogens is 240 g/mol. The molecule has 2 aliphatic rings. The lowest BCUT2D eigenvalue weighted by Crippen LogP contribution is -2.62. The van der Waals surface area contributed by atoms with Gasteiger partial charge in [0, 0.05) is 19.1 Å². The van der Waals surface area contributed by atoms with E-state index in [-0.39, 0.29) is 5.97 Å². The molecule has 0 radical (unpaired) electrons. The van der Waals surface area contributed by atoms with Crippen LogP contribution in [-0.2, 0) is 9.53 Å². The minimum absolute atomic E-state index is 0.0803. The van der Waals surface area contributed by atoms with E-state index in [4.69, 9.17) is 4.74 Å². The summed E-state index contributed by atoms with van der Waals surface area (Å²) in [6.45, 7) is 9.50. The number of rotatable bonds is 6. The third-order valence-corrected chi connectivity index (χ3v) is 4.35. The van der Waals surface area contributed by atoms with Gasteiger partial charge in [-0.05, 0) is 51.5 Å². The lowest BCUT2D eigenvalue weighted by atomic mass is 9.91. The second kappa shape index (κ2) is 5.80. The number of nitrogens with zero attached hydrogens (tertiary/aromatic N) is 1. The topological polar surface area (TPSA) is 41.6 Å². The van der Waals surface area contributed by atoms with Crippen molar-refractivity contribution in [3.8, 4) is 0 Å². The minimum atomic E-state index is -0.493. The van der Waals surface area contributed by atoms with Crippen molar-refractivity contribution >= 4 is 5.97 Å². The van der Waals surface area contributed by atoms with E-state index in [0.29, 0.717) is 12.0 Å². The molecule has 0 amide bonds. The average Bonchev–Trinajstić information content (AvgIpc) is 3.12. The van der Waals surface area contributed by atoms with Gasteiger partial charge in [-0.15, -0.1) is 0 Å². The van der Waals surface area contributed by atoms with Gasteiger partial charge in [-0.25, -0.2) is 4.79 Å². The van der Waals surface area contributed by atoms with Crippen molar-refractivity contribution in [2.45, 2.75) is 51.6 Å². The Morgan fingerprint density at radius 3 is 2.53 bits per heavy atom. The van der Waals surface area contributed by atoms with E-state index < -0.39 is 5.54 Å². The molecule has 1 aliphatic carbocycles. The number of likely N-dealkylation sites (tertiary alicyclic amines) is 1. The third kappa shape index (κ3) is 3.29. The van der Waals surface area contributed by atoms with Gasteiger partial charge in [0.15, 0.2) is 0 Å². The number of hydrogen-bond donors (Lipinski definition) is 1. The second-order valence-corrected chi connectivity index (χ2v) is 6.67. The average molecular weight is 268 g/mol. The van der Waals surface area contributed by atoms with Gasteiger partial charge >= 0.3 is 5.97 Å². The Labute approximate surface area is 116 Å². The molecule has 2 rings (SSSR count). The van der Waals surface area contributed by atoms with Gasteiger partial charge in [-0.2, -0.15) is 0 Å². The van der Waals surface area contributed by atoms with Gasteiger partial charge in [0.2, 0.25) is 0 Å². The maximum Gasteiger partial charge on any atom is 0.327 e. The fraction of sp³-hybridized carbons (Fsp3) is 0.933. The fourth-order valence-electron chi connectivity index (χ4n) is 3.38. The van der Waals surface area contributed by atoms with Gasteiger partial charge in [0.1, 0.15) is 5.54 Å². The maximum atomic E-state index is 12.4. The highest BCUT2D eigenvalue weighted by Crippen LogP contribution is 2.41. The van der Waals surface area contributed by atoms with Crippen LogP contribution in [0.15, 0.2) is 0 Å². The summed E-state index contributed by atoms with van der Waals surface area (Å²) >= 11 is 0. The molecule has 19 heavy (non-hydrogen) atoms. The van der Waals surface area contributed by atoms with Crippen LogP contribution in [0.1, 0.15) is 40.0 Å². The molecule has 1 saturated heterocycles. The molecule has 1 heterocycles. The first-order valence-electron chi connectivity index (χ1n) is 7.56. The Bertz CT molecular complexity index is 328. The zero-order valence-corrected chi connectivity index (χ0v) is 12.7. The Balaban J connectivity index is 2.13. The summed E-state index contributed by atoms with van der Waals surface area (Å²) in [5.41, 5.74) is -0.493. The number of carbonyl (C=O) groups excluding carboxylic acids is 1. The molecule has 0 bridgehead atoms. The normalized spacial score (nSPS) is 27.5. The molecule has 4 nitrogen and oxygen atoms in total. The van der Waals surface area contributed by atoms with Gasteiger partial charge in [-0.1, -0.05) is 6.92 Å². The Morgan fingerprint density at radius 1 is 1.42 bits per heavy atom. The quantitative estimate of drug-likeness (QED) is 0.744. The first-order chi connectivity index (χ1) is 8.98. The van der Waals surface area contributed by atoms with E-state index >= 15 is 0 Å². The minimum Gasteiger partial charge on any atom is -0.468 e. The van der Waals surface area contributed by atoms with E-state index in [1.54, 1.807) is 0 Å². The molecule has 2 unspecified atom stereocenters. The van der Waals surface area contributed by atoms with Crippen LogP contribution in [0.2, 0.25) is 0 Å². The smallest absolute Gasteiger partial charge is 0.327 e. The molecule has 2 fully saturated rings. The predicted molar refractivity (Wildman–Crippen MR) is 76.0 cm³/mol. The van der Waals surface area contributed by atoms with Crippen molar-refractivity contribution in [2.75, 3.05) is 26.7 Å². The van der Waals surface area contributed by atoms with Gasteiger partial charge in [0.25, 0.3) is 0 Å². The molecule has 4 heteroatoms. The van der Waals surface area contributed by atoms with Crippen molar-refractivity contribution in [3.63, 3.8) is 0 Å². The Kier molecular flexibility index (Phi) is 4.51. The van der Waals surface area contributed by atoms with Crippen molar-refractivity contribution in [1.82, 2.24) is 10.2 Å². The summed E-state index contributed by atoms with van der Waals surface area (Å²) in [6, 6.07) is 0.291. The zero-order chi connectivity index (χ0) is 14.0. The Morgan fingerprint density at radius 2 is 2.11 bits per heavy atom.